The molecule has 0 aromatic heterocycles. The lowest BCUT2D eigenvalue weighted by atomic mass is 10.1. The Morgan fingerprint density at radius 3 is 2.79 bits per heavy atom. The van der Waals surface area contributed by atoms with Crippen LogP contribution in [-0.2, 0) is 0 Å². The second-order valence-electron chi connectivity index (χ2n) is 4.54. The number of rotatable bonds is 2. The van der Waals surface area contributed by atoms with Crippen LogP contribution in [0.4, 0.5) is 0 Å². The molecule has 1 aliphatic heterocycles. The second kappa shape index (κ2) is 5.06. The summed E-state index contributed by atoms with van der Waals surface area (Å²) in [6.07, 6.45) is 3.22. The maximum absolute atomic E-state index is 7.93. The van der Waals surface area contributed by atoms with Crippen molar-refractivity contribution in [2.24, 2.45) is 0 Å². The van der Waals surface area contributed by atoms with Gasteiger partial charge in [0.2, 0.25) is 0 Å². The Balaban J connectivity index is 2.45. The summed E-state index contributed by atoms with van der Waals surface area (Å²) in [7, 11) is 0. The Bertz CT molecular complexity index is 201. The lowest BCUT2D eigenvalue weighted by Gasteiger charge is -2.24. The van der Waals surface area contributed by atoms with E-state index in [-0.39, 0.29) is 0 Å². The average molecular weight is 214 g/mol. The van der Waals surface area contributed by atoms with E-state index in [2.05, 4.69) is 25.7 Å². The lowest BCUT2D eigenvalue weighted by molar-refractivity contribution is 0.412. The molecule has 3 heteroatoms. The summed E-state index contributed by atoms with van der Waals surface area (Å²) >= 11 is 2.04. The summed E-state index contributed by atoms with van der Waals surface area (Å²) < 4.78 is 0.404. The van der Waals surface area contributed by atoms with E-state index in [0.717, 1.165) is 31.8 Å². The summed E-state index contributed by atoms with van der Waals surface area (Å²) in [6, 6.07) is 0. The van der Waals surface area contributed by atoms with Crippen LogP contribution in [0.3, 0.4) is 0 Å². The van der Waals surface area contributed by atoms with Crippen LogP contribution < -0.4 is 0 Å². The zero-order valence-electron chi connectivity index (χ0n) is 9.60. The van der Waals surface area contributed by atoms with Gasteiger partial charge in [-0.15, -0.1) is 0 Å². The highest BCUT2D eigenvalue weighted by Gasteiger charge is 2.24. The van der Waals surface area contributed by atoms with Gasteiger partial charge < -0.3 is 4.90 Å². The van der Waals surface area contributed by atoms with Gasteiger partial charge in [-0.25, -0.2) is 0 Å². The predicted octanol–water partition coefficient (Wildman–Crippen LogP) is 2.98. The molecule has 0 bridgehead atoms. The number of hydrogen-bond acceptors (Lipinski definition) is 2. The molecule has 0 atom stereocenters. The fourth-order valence-electron chi connectivity index (χ4n) is 1.69. The highest BCUT2D eigenvalue weighted by molar-refractivity contribution is 8.00. The third-order valence-corrected chi connectivity index (χ3v) is 4.08. The second-order valence-corrected chi connectivity index (χ2v) is 6.34. The van der Waals surface area contributed by atoms with E-state index in [4.69, 9.17) is 5.41 Å². The molecular formula is C11H22N2S. The van der Waals surface area contributed by atoms with Crippen LogP contribution in [0.5, 0.6) is 0 Å². The van der Waals surface area contributed by atoms with Crippen LogP contribution in [0.1, 0.15) is 40.0 Å². The number of nitrogens with one attached hydrogen (secondary N) is 1. The molecule has 0 radical (unpaired) electrons. The van der Waals surface area contributed by atoms with Gasteiger partial charge in [-0.3, -0.25) is 5.41 Å². The van der Waals surface area contributed by atoms with Crippen LogP contribution in [0.2, 0.25) is 0 Å². The molecule has 0 saturated carbocycles. The molecule has 1 fully saturated rings. The SMILES string of the molecule is CCCC(=N)N1CCSC(C)(C)CC1. The van der Waals surface area contributed by atoms with Crippen molar-refractivity contribution >= 4 is 17.6 Å². The van der Waals surface area contributed by atoms with E-state index >= 15 is 0 Å². The fourth-order valence-corrected chi connectivity index (χ4v) is 2.79. The minimum absolute atomic E-state index is 0.404. The zero-order valence-corrected chi connectivity index (χ0v) is 10.4. The van der Waals surface area contributed by atoms with Gasteiger partial charge in [0.25, 0.3) is 0 Å². The zero-order chi connectivity index (χ0) is 10.6. The Morgan fingerprint density at radius 1 is 1.43 bits per heavy atom. The summed E-state index contributed by atoms with van der Waals surface area (Å²) in [5.41, 5.74) is 0. The Labute approximate surface area is 92.0 Å². The summed E-state index contributed by atoms with van der Waals surface area (Å²) in [6.45, 7) is 8.89. The van der Waals surface area contributed by atoms with E-state index in [1.54, 1.807) is 0 Å². The van der Waals surface area contributed by atoms with Crippen LogP contribution in [0.15, 0.2) is 0 Å². The molecule has 0 spiro atoms. The third kappa shape index (κ3) is 3.52. The molecule has 82 valence electrons. The first kappa shape index (κ1) is 11.9. The van der Waals surface area contributed by atoms with Gasteiger partial charge in [0.15, 0.2) is 0 Å². The van der Waals surface area contributed by atoms with Gasteiger partial charge in [-0.1, -0.05) is 20.8 Å². The molecule has 2 nitrogen and oxygen atoms in total. The van der Waals surface area contributed by atoms with Crippen molar-refractivity contribution < 1.29 is 0 Å². The smallest absolute Gasteiger partial charge is 0.0957 e. The average Bonchev–Trinajstić information content (AvgIpc) is 2.27. The molecule has 0 amide bonds. The van der Waals surface area contributed by atoms with Crippen molar-refractivity contribution in [2.75, 3.05) is 18.8 Å². The van der Waals surface area contributed by atoms with Gasteiger partial charge in [0, 0.05) is 30.0 Å². The van der Waals surface area contributed by atoms with E-state index in [9.17, 15) is 0 Å². The first-order chi connectivity index (χ1) is 6.55. The number of hydrogen-bond donors (Lipinski definition) is 1. The minimum atomic E-state index is 0.404. The molecule has 0 aromatic carbocycles. The molecule has 14 heavy (non-hydrogen) atoms. The van der Waals surface area contributed by atoms with Gasteiger partial charge in [0.1, 0.15) is 0 Å². The Kier molecular flexibility index (Phi) is 4.30. The summed E-state index contributed by atoms with van der Waals surface area (Å²) in [5, 5.41) is 7.93. The molecular weight excluding hydrogens is 192 g/mol. The van der Waals surface area contributed by atoms with Gasteiger partial charge in [0.05, 0.1) is 5.84 Å². The van der Waals surface area contributed by atoms with Crippen molar-refractivity contribution in [3.8, 4) is 0 Å². The van der Waals surface area contributed by atoms with Gasteiger partial charge in [-0.05, 0) is 12.8 Å². The quantitative estimate of drug-likeness (QED) is 0.565. The van der Waals surface area contributed by atoms with E-state index in [1.807, 2.05) is 11.8 Å². The van der Waals surface area contributed by atoms with Crippen molar-refractivity contribution in [2.45, 2.75) is 44.8 Å². The van der Waals surface area contributed by atoms with E-state index in [0.29, 0.717) is 4.75 Å². The van der Waals surface area contributed by atoms with Crippen LogP contribution >= 0.6 is 11.8 Å². The highest BCUT2D eigenvalue weighted by Crippen LogP contribution is 2.30. The van der Waals surface area contributed by atoms with Gasteiger partial charge in [-0.2, -0.15) is 11.8 Å². The topological polar surface area (TPSA) is 27.1 Å². The largest absolute Gasteiger partial charge is 0.360 e. The van der Waals surface area contributed by atoms with Crippen LogP contribution in [0, 0.1) is 5.41 Å². The van der Waals surface area contributed by atoms with Crippen molar-refractivity contribution in [1.82, 2.24) is 4.90 Å². The molecule has 0 aliphatic carbocycles. The van der Waals surface area contributed by atoms with Crippen LogP contribution in [0.25, 0.3) is 0 Å². The lowest BCUT2D eigenvalue weighted by Crippen LogP contribution is -2.32. The molecule has 1 heterocycles. The first-order valence-corrected chi connectivity index (χ1v) is 6.50. The molecule has 1 rings (SSSR count). The standard InChI is InChI=1S/C11H22N2S/c1-4-5-10(12)13-7-6-11(2,3)14-9-8-13/h12H,4-9H2,1-3H3. The minimum Gasteiger partial charge on any atom is -0.360 e. The van der Waals surface area contributed by atoms with Crippen molar-refractivity contribution in [1.29, 1.82) is 5.41 Å². The predicted molar refractivity (Wildman–Crippen MR) is 65.4 cm³/mol. The normalized spacial score (nSPS) is 21.8. The van der Waals surface area contributed by atoms with Crippen molar-refractivity contribution in [3.63, 3.8) is 0 Å². The fraction of sp³-hybridized carbons (Fsp3) is 0.909. The first-order valence-electron chi connectivity index (χ1n) is 5.51. The molecule has 0 unspecified atom stereocenters. The maximum Gasteiger partial charge on any atom is 0.0957 e. The maximum atomic E-state index is 7.93. The van der Waals surface area contributed by atoms with E-state index < -0.39 is 0 Å². The molecule has 1 saturated heterocycles. The summed E-state index contributed by atoms with van der Waals surface area (Å²) in [4.78, 5) is 2.26. The Hall–Kier alpha value is -0.180. The summed E-state index contributed by atoms with van der Waals surface area (Å²) in [5.74, 6) is 2.00. The number of amidine groups is 1. The van der Waals surface area contributed by atoms with Crippen molar-refractivity contribution in [3.05, 3.63) is 0 Å². The van der Waals surface area contributed by atoms with E-state index in [1.165, 1.54) is 12.2 Å². The monoisotopic (exact) mass is 214 g/mol. The highest BCUT2D eigenvalue weighted by atomic mass is 32.2. The number of nitrogens with zero attached hydrogens (tertiary/aromatic N) is 1. The van der Waals surface area contributed by atoms with Gasteiger partial charge >= 0.3 is 0 Å². The molecule has 1 N–H and O–H groups in total. The van der Waals surface area contributed by atoms with Crippen LogP contribution in [-0.4, -0.2) is 34.3 Å². The number of thioether (sulfide) groups is 1. The molecule has 0 aromatic rings. The Morgan fingerprint density at radius 2 is 2.14 bits per heavy atom. The molecule has 1 aliphatic rings. The third-order valence-electron chi connectivity index (χ3n) is 2.71.